The fraction of sp³-hybridized carbons (Fsp3) is 0.333. The number of benzene rings is 1. The Balaban J connectivity index is 1.88. The van der Waals surface area contributed by atoms with Crippen LogP contribution in [0.15, 0.2) is 34.1 Å². The van der Waals surface area contributed by atoms with Gasteiger partial charge >= 0.3 is 0 Å². The number of nitrogens with zero attached hydrogens (tertiary/aromatic N) is 2. The Morgan fingerprint density at radius 3 is 2.73 bits per heavy atom. The number of halogens is 1. The Morgan fingerprint density at radius 2 is 2.14 bits per heavy atom. The van der Waals surface area contributed by atoms with Crippen molar-refractivity contribution in [3.05, 3.63) is 44.8 Å². The lowest BCUT2D eigenvalue weighted by Gasteiger charge is -2.20. The molecule has 0 spiro atoms. The standard InChI is InChI=1S/C15H18BrN3O2S/c1-2-19(15(20)13-10-22-14(9-17)18-13)7-8-21-12-5-3-11(16)4-6-12/h3-6,10H,2,7-9,17H2,1H3. The number of carbonyl (C=O) groups excluding carboxylic acids is 1. The molecule has 0 aliphatic heterocycles. The molecule has 118 valence electrons. The van der Waals surface area contributed by atoms with Crippen molar-refractivity contribution >= 4 is 33.2 Å². The van der Waals surface area contributed by atoms with E-state index >= 15 is 0 Å². The van der Waals surface area contributed by atoms with Crippen LogP contribution < -0.4 is 10.5 Å². The summed E-state index contributed by atoms with van der Waals surface area (Å²) in [5.74, 6) is 0.698. The third kappa shape index (κ3) is 4.53. The zero-order valence-electron chi connectivity index (χ0n) is 12.3. The van der Waals surface area contributed by atoms with Crippen molar-refractivity contribution in [1.82, 2.24) is 9.88 Å². The quantitative estimate of drug-likeness (QED) is 0.797. The average Bonchev–Trinajstić information content (AvgIpc) is 3.02. The van der Waals surface area contributed by atoms with E-state index in [-0.39, 0.29) is 5.91 Å². The van der Waals surface area contributed by atoms with Crippen molar-refractivity contribution in [2.75, 3.05) is 19.7 Å². The van der Waals surface area contributed by atoms with Crippen molar-refractivity contribution in [3.63, 3.8) is 0 Å². The molecule has 0 aliphatic carbocycles. The topological polar surface area (TPSA) is 68.5 Å². The number of carbonyl (C=O) groups is 1. The second kappa shape index (κ2) is 8.26. The predicted molar refractivity (Wildman–Crippen MR) is 91.2 cm³/mol. The van der Waals surface area contributed by atoms with E-state index in [4.69, 9.17) is 10.5 Å². The third-order valence-corrected chi connectivity index (χ3v) is 4.46. The van der Waals surface area contributed by atoms with Crippen LogP contribution in [0.25, 0.3) is 0 Å². The fourth-order valence-electron chi connectivity index (χ4n) is 1.87. The second-order valence-electron chi connectivity index (χ2n) is 4.52. The van der Waals surface area contributed by atoms with Gasteiger partial charge in [-0.25, -0.2) is 4.98 Å². The Kier molecular flexibility index (Phi) is 6.35. The van der Waals surface area contributed by atoms with Crippen LogP contribution in [0.5, 0.6) is 5.75 Å². The minimum Gasteiger partial charge on any atom is -0.492 e. The summed E-state index contributed by atoms with van der Waals surface area (Å²) in [5, 5.41) is 2.52. The number of thiazole rings is 1. The first-order valence-corrected chi connectivity index (χ1v) is 8.63. The summed E-state index contributed by atoms with van der Waals surface area (Å²) in [6.45, 7) is 3.86. The molecule has 0 bridgehead atoms. The molecule has 1 amide bonds. The van der Waals surface area contributed by atoms with Crippen LogP contribution in [-0.2, 0) is 6.54 Å². The molecule has 1 aromatic carbocycles. The minimum absolute atomic E-state index is 0.0853. The molecular formula is C15H18BrN3O2S. The molecule has 2 rings (SSSR count). The lowest BCUT2D eigenvalue weighted by Crippen LogP contribution is -2.34. The Labute approximate surface area is 142 Å². The summed E-state index contributed by atoms with van der Waals surface area (Å²) in [6, 6.07) is 7.61. The van der Waals surface area contributed by atoms with E-state index in [0.717, 1.165) is 15.2 Å². The summed E-state index contributed by atoms with van der Waals surface area (Å²) in [4.78, 5) is 18.3. The van der Waals surface area contributed by atoms with Gasteiger partial charge in [0.15, 0.2) is 0 Å². The molecule has 2 N–H and O–H groups in total. The van der Waals surface area contributed by atoms with Crippen LogP contribution in [0, 0.1) is 0 Å². The van der Waals surface area contributed by atoms with Crippen molar-refractivity contribution < 1.29 is 9.53 Å². The van der Waals surface area contributed by atoms with Gasteiger partial charge in [0.1, 0.15) is 23.1 Å². The number of hydrogen-bond acceptors (Lipinski definition) is 5. The van der Waals surface area contributed by atoms with Gasteiger partial charge < -0.3 is 15.4 Å². The maximum absolute atomic E-state index is 12.4. The number of amides is 1. The average molecular weight is 384 g/mol. The number of rotatable bonds is 7. The lowest BCUT2D eigenvalue weighted by atomic mass is 10.3. The van der Waals surface area contributed by atoms with Crippen LogP contribution in [0.1, 0.15) is 22.4 Å². The zero-order valence-corrected chi connectivity index (χ0v) is 14.7. The molecule has 0 radical (unpaired) electrons. The number of nitrogens with two attached hydrogens (primary N) is 1. The molecule has 0 atom stereocenters. The first-order chi connectivity index (χ1) is 10.6. The lowest BCUT2D eigenvalue weighted by molar-refractivity contribution is 0.0734. The van der Waals surface area contributed by atoms with E-state index in [1.165, 1.54) is 11.3 Å². The first kappa shape index (κ1) is 16.9. The van der Waals surface area contributed by atoms with E-state index in [2.05, 4.69) is 20.9 Å². The van der Waals surface area contributed by atoms with Gasteiger partial charge in [0.2, 0.25) is 0 Å². The van der Waals surface area contributed by atoms with Crippen molar-refractivity contribution in [3.8, 4) is 5.75 Å². The first-order valence-electron chi connectivity index (χ1n) is 6.96. The molecule has 0 aliphatic rings. The second-order valence-corrected chi connectivity index (χ2v) is 6.38. The number of hydrogen-bond donors (Lipinski definition) is 1. The van der Waals surface area contributed by atoms with Crippen molar-refractivity contribution in [2.24, 2.45) is 5.73 Å². The SMILES string of the molecule is CCN(CCOc1ccc(Br)cc1)C(=O)c1csc(CN)n1. The van der Waals surface area contributed by atoms with E-state index in [0.29, 0.717) is 31.9 Å². The highest BCUT2D eigenvalue weighted by Crippen LogP contribution is 2.16. The molecular weight excluding hydrogens is 366 g/mol. The normalized spacial score (nSPS) is 10.5. The Bertz CT molecular complexity index is 616. The molecule has 1 heterocycles. The smallest absolute Gasteiger partial charge is 0.273 e. The van der Waals surface area contributed by atoms with Crippen LogP contribution in [0.2, 0.25) is 0 Å². The Morgan fingerprint density at radius 1 is 1.41 bits per heavy atom. The van der Waals surface area contributed by atoms with Gasteiger partial charge in [-0.05, 0) is 31.2 Å². The maximum Gasteiger partial charge on any atom is 0.273 e. The number of likely N-dealkylation sites (N-methyl/N-ethyl adjacent to an activating group) is 1. The molecule has 2 aromatic rings. The van der Waals surface area contributed by atoms with Crippen LogP contribution >= 0.6 is 27.3 Å². The van der Waals surface area contributed by atoms with Gasteiger partial charge in [0.25, 0.3) is 5.91 Å². The maximum atomic E-state index is 12.4. The molecule has 0 saturated carbocycles. The van der Waals surface area contributed by atoms with Crippen LogP contribution in [-0.4, -0.2) is 35.5 Å². The predicted octanol–water partition coefficient (Wildman–Crippen LogP) is 2.91. The molecule has 1 aromatic heterocycles. The van der Waals surface area contributed by atoms with Gasteiger partial charge in [-0.15, -0.1) is 11.3 Å². The summed E-state index contributed by atoms with van der Waals surface area (Å²) in [7, 11) is 0. The molecule has 0 saturated heterocycles. The summed E-state index contributed by atoms with van der Waals surface area (Å²) < 4.78 is 6.66. The van der Waals surface area contributed by atoms with Gasteiger partial charge in [-0.2, -0.15) is 0 Å². The largest absolute Gasteiger partial charge is 0.492 e. The number of ether oxygens (including phenoxy) is 1. The number of aromatic nitrogens is 1. The highest BCUT2D eigenvalue weighted by Gasteiger charge is 2.17. The van der Waals surface area contributed by atoms with E-state index < -0.39 is 0 Å². The van der Waals surface area contributed by atoms with E-state index in [1.807, 2.05) is 31.2 Å². The summed E-state index contributed by atoms with van der Waals surface area (Å²) in [6.07, 6.45) is 0. The van der Waals surface area contributed by atoms with Gasteiger partial charge in [0, 0.05) is 22.9 Å². The van der Waals surface area contributed by atoms with E-state index in [9.17, 15) is 4.79 Å². The van der Waals surface area contributed by atoms with Crippen LogP contribution in [0.3, 0.4) is 0 Å². The monoisotopic (exact) mass is 383 g/mol. The Hall–Kier alpha value is -1.44. The van der Waals surface area contributed by atoms with Crippen molar-refractivity contribution in [2.45, 2.75) is 13.5 Å². The molecule has 0 unspecified atom stereocenters. The van der Waals surface area contributed by atoms with Crippen molar-refractivity contribution in [1.29, 1.82) is 0 Å². The summed E-state index contributed by atoms with van der Waals surface area (Å²) in [5.41, 5.74) is 5.98. The van der Waals surface area contributed by atoms with Gasteiger partial charge in [-0.3, -0.25) is 4.79 Å². The highest BCUT2D eigenvalue weighted by atomic mass is 79.9. The minimum atomic E-state index is -0.0853. The van der Waals surface area contributed by atoms with E-state index in [1.54, 1.807) is 10.3 Å². The molecule has 7 heteroatoms. The molecule has 0 fully saturated rings. The summed E-state index contributed by atoms with van der Waals surface area (Å²) >= 11 is 4.79. The zero-order chi connectivity index (χ0) is 15.9. The molecule has 5 nitrogen and oxygen atoms in total. The molecule has 22 heavy (non-hydrogen) atoms. The highest BCUT2D eigenvalue weighted by molar-refractivity contribution is 9.10. The van der Waals surface area contributed by atoms with Gasteiger partial charge in [0.05, 0.1) is 6.54 Å². The van der Waals surface area contributed by atoms with Gasteiger partial charge in [-0.1, -0.05) is 15.9 Å². The van der Waals surface area contributed by atoms with Crippen LogP contribution in [0.4, 0.5) is 0 Å². The fourth-order valence-corrected chi connectivity index (χ4v) is 2.79. The third-order valence-electron chi connectivity index (χ3n) is 3.06.